The smallest absolute Gasteiger partial charge is 0.166 e. The molecular formula is C21H23N3O. The summed E-state index contributed by atoms with van der Waals surface area (Å²) in [5.74, 6) is 1.49. The van der Waals surface area contributed by atoms with Gasteiger partial charge in [-0.1, -0.05) is 42.5 Å². The third-order valence-electron chi connectivity index (χ3n) is 5.20. The number of hydrogen-bond acceptors (Lipinski definition) is 3. The number of likely N-dealkylation sites (tertiary alicyclic amines) is 1. The Morgan fingerprint density at radius 2 is 1.72 bits per heavy atom. The molecule has 0 unspecified atom stereocenters. The molecule has 1 aliphatic heterocycles. The van der Waals surface area contributed by atoms with Crippen LogP contribution < -0.4 is 0 Å². The first-order valence-electron chi connectivity index (χ1n) is 8.96. The van der Waals surface area contributed by atoms with E-state index in [1.54, 1.807) is 0 Å². The van der Waals surface area contributed by atoms with E-state index >= 15 is 0 Å². The topological polar surface area (TPSA) is 38.1 Å². The molecular weight excluding hydrogens is 310 g/mol. The van der Waals surface area contributed by atoms with Crippen molar-refractivity contribution in [2.45, 2.75) is 26.4 Å². The average Bonchev–Trinajstić information content (AvgIpc) is 2.98. The molecule has 3 aromatic rings. The third-order valence-corrected chi connectivity index (χ3v) is 5.20. The van der Waals surface area contributed by atoms with Crippen LogP contribution in [0.4, 0.5) is 0 Å². The minimum atomic E-state index is 0.152. The molecule has 4 heteroatoms. The van der Waals surface area contributed by atoms with Crippen LogP contribution in [-0.4, -0.2) is 33.3 Å². The molecule has 0 radical (unpaired) electrons. The molecule has 2 aromatic carbocycles. The maximum atomic E-state index is 12.6. The predicted octanol–water partition coefficient (Wildman–Crippen LogP) is 3.90. The average molecular weight is 333 g/mol. The lowest BCUT2D eigenvalue weighted by Crippen LogP contribution is -2.37. The quantitative estimate of drug-likeness (QED) is 0.680. The summed E-state index contributed by atoms with van der Waals surface area (Å²) in [5, 5.41) is 0. The Labute approximate surface area is 148 Å². The number of aromatic nitrogens is 2. The standard InChI is InChI=1S/C21H23N3O/c1-16-22-19-9-5-6-10-20(19)24(16)15-23-13-11-18(12-14-23)21(25)17-7-3-2-4-8-17/h2-10,18H,11-15H2,1H3. The second kappa shape index (κ2) is 6.81. The fraction of sp³-hybridized carbons (Fsp3) is 0.333. The van der Waals surface area contributed by atoms with E-state index in [2.05, 4.69) is 39.6 Å². The fourth-order valence-electron chi connectivity index (χ4n) is 3.75. The van der Waals surface area contributed by atoms with Crippen LogP contribution in [0.5, 0.6) is 0 Å². The van der Waals surface area contributed by atoms with Crippen LogP contribution in [0.25, 0.3) is 11.0 Å². The first-order valence-corrected chi connectivity index (χ1v) is 8.96. The molecule has 2 heterocycles. The van der Waals surface area contributed by atoms with Crippen molar-refractivity contribution in [2.24, 2.45) is 5.92 Å². The Kier molecular flexibility index (Phi) is 4.36. The first-order chi connectivity index (χ1) is 12.2. The number of para-hydroxylation sites is 2. The number of fused-ring (bicyclic) bond motifs is 1. The molecule has 0 aliphatic carbocycles. The van der Waals surface area contributed by atoms with Gasteiger partial charge in [0.1, 0.15) is 5.82 Å². The molecule has 0 amide bonds. The molecule has 1 aromatic heterocycles. The van der Waals surface area contributed by atoms with E-state index in [4.69, 9.17) is 0 Å². The van der Waals surface area contributed by atoms with E-state index in [1.807, 2.05) is 36.4 Å². The Morgan fingerprint density at radius 1 is 1.04 bits per heavy atom. The summed E-state index contributed by atoms with van der Waals surface area (Å²) in [5.41, 5.74) is 3.08. The van der Waals surface area contributed by atoms with Gasteiger partial charge < -0.3 is 4.57 Å². The van der Waals surface area contributed by atoms with Gasteiger partial charge in [0.15, 0.2) is 5.78 Å². The van der Waals surface area contributed by atoms with Crippen molar-refractivity contribution in [1.29, 1.82) is 0 Å². The van der Waals surface area contributed by atoms with Gasteiger partial charge >= 0.3 is 0 Å². The zero-order valence-corrected chi connectivity index (χ0v) is 14.6. The lowest BCUT2D eigenvalue weighted by atomic mass is 9.89. The second-order valence-corrected chi connectivity index (χ2v) is 6.84. The van der Waals surface area contributed by atoms with Gasteiger partial charge in [-0.3, -0.25) is 9.69 Å². The monoisotopic (exact) mass is 333 g/mol. The summed E-state index contributed by atoms with van der Waals surface area (Å²) < 4.78 is 2.27. The molecule has 0 saturated carbocycles. The fourth-order valence-corrected chi connectivity index (χ4v) is 3.75. The summed E-state index contributed by atoms with van der Waals surface area (Å²) in [4.78, 5) is 19.7. The second-order valence-electron chi connectivity index (χ2n) is 6.84. The zero-order valence-electron chi connectivity index (χ0n) is 14.6. The molecule has 25 heavy (non-hydrogen) atoms. The number of carbonyl (C=O) groups is 1. The minimum absolute atomic E-state index is 0.152. The SMILES string of the molecule is Cc1nc2ccccc2n1CN1CCC(C(=O)c2ccccc2)CC1. The van der Waals surface area contributed by atoms with Crippen LogP contribution in [0.3, 0.4) is 0 Å². The van der Waals surface area contributed by atoms with Crippen molar-refractivity contribution in [1.82, 2.24) is 14.5 Å². The van der Waals surface area contributed by atoms with Crippen LogP contribution in [-0.2, 0) is 6.67 Å². The van der Waals surface area contributed by atoms with E-state index in [1.165, 1.54) is 5.52 Å². The summed E-state index contributed by atoms with van der Waals surface area (Å²) in [6.07, 6.45) is 1.86. The number of benzene rings is 2. The Bertz CT molecular complexity index is 877. The minimum Gasteiger partial charge on any atom is -0.314 e. The van der Waals surface area contributed by atoms with Gasteiger partial charge in [0.25, 0.3) is 0 Å². The van der Waals surface area contributed by atoms with Gasteiger partial charge in [0.05, 0.1) is 17.7 Å². The highest BCUT2D eigenvalue weighted by molar-refractivity contribution is 5.97. The normalized spacial score (nSPS) is 16.4. The van der Waals surface area contributed by atoms with Gasteiger partial charge in [-0.2, -0.15) is 0 Å². The number of aryl methyl sites for hydroxylation is 1. The van der Waals surface area contributed by atoms with Crippen molar-refractivity contribution < 1.29 is 4.79 Å². The highest BCUT2D eigenvalue weighted by Gasteiger charge is 2.26. The Balaban J connectivity index is 1.42. The largest absolute Gasteiger partial charge is 0.314 e. The van der Waals surface area contributed by atoms with E-state index < -0.39 is 0 Å². The molecule has 0 N–H and O–H groups in total. The number of imidazole rings is 1. The molecule has 128 valence electrons. The van der Waals surface area contributed by atoms with Gasteiger partial charge in [-0.15, -0.1) is 0 Å². The number of ketones is 1. The maximum absolute atomic E-state index is 12.6. The summed E-state index contributed by atoms with van der Waals surface area (Å²) in [7, 11) is 0. The summed E-state index contributed by atoms with van der Waals surface area (Å²) in [6.45, 7) is 4.81. The molecule has 1 saturated heterocycles. The van der Waals surface area contributed by atoms with Crippen LogP contribution >= 0.6 is 0 Å². The number of nitrogens with zero attached hydrogens (tertiary/aromatic N) is 3. The number of piperidine rings is 1. The molecule has 0 bridgehead atoms. The van der Waals surface area contributed by atoms with E-state index in [0.29, 0.717) is 5.78 Å². The Hall–Kier alpha value is -2.46. The van der Waals surface area contributed by atoms with E-state index in [0.717, 1.165) is 49.5 Å². The summed E-state index contributed by atoms with van der Waals surface area (Å²) >= 11 is 0. The van der Waals surface area contributed by atoms with Gasteiger partial charge in [-0.05, 0) is 31.9 Å². The molecule has 1 fully saturated rings. The lowest BCUT2D eigenvalue weighted by molar-refractivity contribution is 0.0812. The highest BCUT2D eigenvalue weighted by atomic mass is 16.1. The number of hydrogen-bond donors (Lipinski definition) is 0. The number of rotatable bonds is 4. The number of carbonyl (C=O) groups excluding carboxylic acids is 1. The van der Waals surface area contributed by atoms with Gasteiger partial charge in [0.2, 0.25) is 0 Å². The molecule has 0 spiro atoms. The van der Waals surface area contributed by atoms with Crippen molar-refractivity contribution >= 4 is 16.8 Å². The first kappa shape index (κ1) is 16.0. The van der Waals surface area contributed by atoms with Crippen LogP contribution in [0, 0.1) is 12.8 Å². The van der Waals surface area contributed by atoms with E-state index in [-0.39, 0.29) is 5.92 Å². The van der Waals surface area contributed by atoms with Crippen LogP contribution in [0.15, 0.2) is 54.6 Å². The predicted molar refractivity (Wildman–Crippen MR) is 99.5 cm³/mol. The van der Waals surface area contributed by atoms with Crippen LogP contribution in [0.1, 0.15) is 29.0 Å². The molecule has 1 aliphatic rings. The van der Waals surface area contributed by atoms with Crippen molar-refractivity contribution in [3.63, 3.8) is 0 Å². The van der Waals surface area contributed by atoms with Crippen LogP contribution in [0.2, 0.25) is 0 Å². The summed E-state index contributed by atoms with van der Waals surface area (Å²) in [6, 6.07) is 18.0. The van der Waals surface area contributed by atoms with Gasteiger partial charge in [-0.25, -0.2) is 4.98 Å². The maximum Gasteiger partial charge on any atom is 0.166 e. The molecule has 4 nitrogen and oxygen atoms in total. The lowest BCUT2D eigenvalue weighted by Gasteiger charge is -2.31. The molecule has 0 atom stereocenters. The van der Waals surface area contributed by atoms with Crippen molar-refractivity contribution in [3.8, 4) is 0 Å². The van der Waals surface area contributed by atoms with E-state index in [9.17, 15) is 4.79 Å². The number of Topliss-reactive ketones (excluding diaryl/α,β-unsaturated/α-hetero) is 1. The van der Waals surface area contributed by atoms with Gasteiger partial charge in [0, 0.05) is 24.6 Å². The highest BCUT2D eigenvalue weighted by Crippen LogP contribution is 2.23. The van der Waals surface area contributed by atoms with Crippen molar-refractivity contribution in [2.75, 3.05) is 13.1 Å². The third kappa shape index (κ3) is 3.22. The molecule has 4 rings (SSSR count). The van der Waals surface area contributed by atoms with Crippen molar-refractivity contribution in [3.05, 3.63) is 66.0 Å². The zero-order chi connectivity index (χ0) is 17.2. The Morgan fingerprint density at radius 3 is 2.48 bits per heavy atom.